The molecule has 2 heterocycles. The summed E-state index contributed by atoms with van der Waals surface area (Å²) in [5.41, 5.74) is 3.61. The fraction of sp³-hybridized carbons (Fsp3) is 0.344. The van der Waals surface area contributed by atoms with Crippen LogP contribution in [0.3, 0.4) is 0 Å². The third-order valence-electron chi connectivity index (χ3n) is 7.63. The second-order valence-electron chi connectivity index (χ2n) is 11.0. The molecule has 11 nitrogen and oxygen atoms in total. The van der Waals surface area contributed by atoms with E-state index in [-0.39, 0.29) is 23.8 Å². The van der Waals surface area contributed by atoms with E-state index in [2.05, 4.69) is 25.8 Å². The third-order valence-corrected chi connectivity index (χ3v) is 7.63. The first-order chi connectivity index (χ1) is 20.8. The largest absolute Gasteiger partial charge is 0.481 e. The topological polar surface area (TPSA) is 144 Å². The van der Waals surface area contributed by atoms with Crippen LogP contribution in [0.25, 0.3) is 0 Å². The lowest BCUT2D eigenvalue weighted by Gasteiger charge is -2.27. The lowest BCUT2D eigenvalue weighted by Crippen LogP contribution is -2.36. The predicted octanol–water partition coefficient (Wildman–Crippen LogP) is 4.43. The van der Waals surface area contributed by atoms with Crippen molar-refractivity contribution in [3.8, 4) is 0 Å². The van der Waals surface area contributed by atoms with Gasteiger partial charge in [0.2, 0.25) is 5.91 Å². The molecule has 2 fully saturated rings. The molecule has 4 amide bonds. The average Bonchev–Trinajstić information content (AvgIpc) is 3.85. The zero-order valence-electron chi connectivity index (χ0n) is 24.1. The Labute approximate surface area is 250 Å². The smallest absolute Gasteiger partial charge is 0.323 e. The second kappa shape index (κ2) is 13.4. The molecule has 1 aromatic heterocycles. The van der Waals surface area contributed by atoms with E-state index in [0.717, 1.165) is 30.5 Å². The first-order valence-corrected chi connectivity index (χ1v) is 14.5. The number of pyridine rings is 1. The van der Waals surface area contributed by atoms with Crippen LogP contribution in [0.15, 0.2) is 67.0 Å². The van der Waals surface area contributed by atoms with Crippen molar-refractivity contribution in [1.29, 1.82) is 0 Å². The number of hydrogen-bond donors (Lipinski definition) is 4. The van der Waals surface area contributed by atoms with Crippen LogP contribution < -0.4 is 20.9 Å². The second-order valence-corrected chi connectivity index (χ2v) is 11.0. The fourth-order valence-corrected chi connectivity index (χ4v) is 5.28. The highest BCUT2D eigenvalue weighted by molar-refractivity contribution is 6.04. The van der Waals surface area contributed by atoms with E-state index in [1.54, 1.807) is 42.6 Å². The van der Waals surface area contributed by atoms with Crippen molar-refractivity contribution in [3.63, 3.8) is 0 Å². The minimum Gasteiger partial charge on any atom is -0.481 e. The Morgan fingerprint density at radius 3 is 2.53 bits per heavy atom. The molecule has 11 heteroatoms. The number of nitrogens with one attached hydrogen (secondary N) is 3. The highest BCUT2D eigenvalue weighted by Crippen LogP contribution is 2.33. The summed E-state index contributed by atoms with van der Waals surface area (Å²) in [6, 6.07) is 14.6. The van der Waals surface area contributed by atoms with Crippen LogP contribution in [-0.4, -0.2) is 65.0 Å². The fourth-order valence-electron chi connectivity index (χ4n) is 5.28. The van der Waals surface area contributed by atoms with Crippen LogP contribution in [0.1, 0.15) is 53.2 Å². The number of hydrogen-bond acceptors (Lipinski definition) is 6. The molecule has 2 aliphatic rings. The Balaban J connectivity index is 1.38. The molecule has 1 aliphatic heterocycles. The van der Waals surface area contributed by atoms with Crippen molar-refractivity contribution in [2.45, 2.75) is 38.6 Å². The number of carboxylic acid groups (broad SMARTS) is 1. The molecule has 1 unspecified atom stereocenters. The maximum atomic E-state index is 13.4. The lowest BCUT2D eigenvalue weighted by molar-refractivity contribution is -0.137. The van der Waals surface area contributed by atoms with E-state index in [0.29, 0.717) is 43.1 Å². The molecule has 0 bridgehead atoms. The first-order valence-electron chi connectivity index (χ1n) is 14.5. The number of benzene rings is 2. The van der Waals surface area contributed by atoms with Gasteiger partial charge in [-0.25, -0.2) is 4.79 Å². The van der Waals surface area contributed by atoms with Gasteiger partial charge in [-0.15, -0.1) is 0 Å². The zero-order chi connectivity index (χ0) is 30.3. The van der Waals surface area contributed by atoms with Gasteiger partial charge in [0.15, 0.2) is 0 Å². The Morgan fingerprint density at radius 1 is 0.977 bits per heavy atom. The number of amides is 4. The highest BCUT2D eigenvalue weighted by atomic mass is 16.4. The molecule has 43 heavy (non-hydrogen) atoms. The SMILES string of the molecule is Cc1cccc(NC(=O)Nc2cc(C(=O)NC(CC(=O)O)c3cccnc3)ccc2N2CCCN(C(=O)C3CC3)CC2)c1. The van der Waals surface area contributed by atoms with Crippen LogP contribution in [0.2, 0.25) is 0 Å². The van der Waals surface area contributed by atoms with Gasteiger partial charge in [0.05, 0.1) is 23.8 Å². The number of aliphatic carboxylic acids is 1. The molecule has 0 radical (unpaired) electrons. The molecule has 1 atom stereocenters. The summed E-state index contributed by atoms with van der Waals surface area (Å²) in [6.07, 6.45) is 5.48. The van der Waals surface area contributed by atoms with E-state index in [1.165, 1.54) is 6.20 Å². The average molecular weight is 585 g/mol. The first kappa shape index (κ1) is 29.6. The molecule has 1 aliphatic carbocycles. The van der Waals surface area contributed by atoms with Crippen molar-refractivity contribution >= 4 is 40.9 Å². The van der Waals surface area contributed by atoms with Crippen LogP contribution in [-0.2, 0) is 9.59 Å². The van der Waals surface area contributed by atoms with Crippen molar-refractivity contribution < 1.29 is 24.3 Å². The van der Waals surface area contributed by atoms with E-state index in [9.17, 15) is 24.3 Å². The number of anilines is 3. The monoisotopic (exact) mass is 584 g/mol. The maximum absolute atomic E-state index is 13.4. The van der Waals surface area contributed by atoms with Crippen LogP contribution >= 0.6 is 0 Å². The van der Waals surface area contributed by atoms with Crippen molar-refractivity contribution in [2.75, 3.05) is 41.7 Å². The molecule has 1 saturated heterocycles. The van der Waals surface area contributed by atoms with E-state index in [1.807, 2.05) is 30.0 Å². The summed E-state index contributed by atoms with van der Waals surface area (Å²) in [6.45, 7) is 4.45. The van der Waals surface area contributed by atoms with Gasteiger partial charge < -0.3 is 30.9 Å². The van der Waals surface area contributed by atoms with Gasteiger partial charge in [0, 0.05) is 55.7 Å². The lowest BCUT2D eigenvalue weighted by atomic mass is 10.0. The minimum absolute atomic E-state index is 0.156. The summed E-state index contributed by atoms with van der Waals surface area (Å²) in [5.74, 6) is -1.17. The molecule has 5 rings (SSSR count). The van der Waals surface area contributed by atoms with Gasteiger partial charge in [0.1, 0.15) is 0 Å². The molecule has 3 aromatic rings. The Morgan fingerprint density at radius 2 is 1.81 bits per heavy atom. The standard InChI is InChI=1S/C32H36N6O5/c1-21-5-2-7-25(17-21)34-32(43)36-27-18-23(30(41)35-26(19-29(39)40)24-6-3-12-33-20-24)10-11-28(27)37-13-4-14-38(16-15-37)31(42)22-8-9-22/h2-3,5-7,10-12,17-18,20,22,26H,4,8-9,13-16,19H2,1H3,(H,35,41)(H,39,40)(H2,34,36,43). The molecule has 2 aromatic carbocycles. The quantitative estimate of drug-likeness (QED) is 0.291. The Hall–Kier alpha value is -4.93. The predicted molar refractivity (Wildman–Crippen MR) is 163 cm³/mol. The molecular formula is C32H36N6O5. The Bertz CT molecular complexity index is 1490. The van der Waals surface area contributed by atoms with Gasteiger partial charge in [-0.2, -0.15) is 0 Å². The van der Waals surface area contributed by atoms with Gasteiger partial charge in [-0.3, -0.25) is 19.4 Å². The molecule has 224 valence electrons. The maximum Gasteiger partial charge on any atom is 0.323 e. The summed E-state index contributed by atoms with van der Waals surface area (Å²) in [7, 11) is 0. The van der Waals surface area contributed by atoms with Gasteiger partial charge in [-0.1, -0.05) is 18.2 Å². The third kappa shape index (κ3) is 7.88. The van der Waals surface area contributed by atoms with Crippen LogP contribution in [0.4, 0.5) is 21.9 Å². The number of aromatic nitrogens is 1. The summed E-state index contributed by atoms with van der Waals surface area (Å²) < 4.78 is 0. The van der Waals surface area contributed by atoms with E-state index in [4.69, 9.17) is 0 Å². The zero-order valence-corrected chi connectivity index (χ0v) is 24.1. The van der Waals surface area contributed by atoms with Crippen LogP contribution in [0.5, 0.6) is 0 Å². The van der Waals surface area contributed by atoms with Gasteiger partial charge in [0.25, 0.3) is 5.91 Å². The van der Waals surface area contributed by atoms with E-state index < -0.39 is 23.9 Å². The molecule has 4 N–H and O–H groups in total. The summed E-state index contributed by atoms with van der Waals surface area (Å²) in [4.78, 5) is 58.9. The van der Waals surface area contributed by atoms with Crippen LogP contribution in [0, 0.1) is 12.8 Å². The number of rotatable bonds is 9. The molecule has 1 saturated carbocycles. The van der Waals surface area contributed by atoms with Crippen molar-refractivity contribution in [2.24, 2.45) is 5.92 Å². The van der Waals surface area contributed by atoms with Gasteiger partial charge in [-0.05, 0) is 73.7 Å². The van der Waals surface area contributed by atoms with Crippen molar-refractivity contribution in [3.05, 3.63) is 83.7 Å². The number of urea groups is 1. The molecular weight excluding hydrogens is 548 g/mol. The summed E-state index contributed by atoms with van der Waals surface area (Å²) >= 11 is 0. The van der Waals surface area contributed by atoms with Crippen molar-refractivity contribution in [1.82, 2.24) is 15.2 Å². The number of nitrogens with zero attached hydrogens (tertiary/aromatic N) is 3. The van der Waals surface area contributed by atoms with E-state index >= 15 is 0 Å². The normalized spacial score (nSPS) is 15.7. The summed E-state index contributed by atoms with van der Waals surface area (Å²) in [5, 5.41) is 18.0. The molecule has 0 spiro atoms. The Kier molecular flexibility index (Phi) is 9.19. The minimum atomic E-state index is -1.06. The highest BCUT2D eigenvalue weighted by Gasteiger charge is 2.34. The number of carbonyl (C=O) groups excluding carboxylic acids is 3. The number of aryl methyl sites for hydroxylation is 1. The number of carboxylic acids is 1. The number of carbonyl (C=O) groups is 4. The van der Waals surface area contributed by atoms with Gasteiger partial charge >= 0.3 is 12.0 Å².